The van der Waals surface area contributed by atoms with Crippen molar-refractivity contribution in [2.75, 3.05) is 6.61 Å². The van der Waals surface area contributed by atoms with Crippen LogP contribution in [0.1, 0.15) is 36.8 Å². The zero-order valence-corrected chi connectivity index (χ0v) is 19.1. The molecule has 0 saturated heterocycles. The van der Waals surface area contributed by atoms with Crippen molar-refractivity contribution in [2.45, 2.75) is 39.4 Å². The second-order valence-corrected chi connectivity index (χ2v) is 9.00. The van der Waals surface area contributed by atoms with Crippen LogP contribution in [0, 0.1) is 11.2 Å². The SMILES string of the molecule is CC(C)(C)[C@H](NC(=O)c1nn(Cc2ccc(F)cc2)c2ccccc12)C(=O)N[C@H](CO)C(=O)O. The third kappa shape index (κ3) is 5.57. The molecule has 2 aromatic carbocycles. The van der Waals surface area contributed by atoms with Gasteiger partial charge >= 0.3 is 5.97 Å². The highest BCUT2D eigenvalue weighted by Gasteiger charge is 2.35. The Morgan fingerprint density at radius 1 is 1.06 bits per heavy atom. The van der Waals surface area contributed by atoms with E-state index in [4.69, 9.17) is 5.11 Å². The summed E-state index contributed by atoms with van der Waals surface area (Å²) in [7, 11) is 0. The maximum atomic E-state index is 13.3. The summed E-state index contributed by atoms with van der Waals surface area (Å²) in [4.78, 5) is 37.3. The molecule has 0 aliphatic rings. The molecule has 2 atom stereocenters. The number of carboxylic acids is 1. The lowest BCUT2D eigenvalue weighted by Crippen LogP contribution is -2.57. The van der Waals surface area contributed by atoms with Crippen molar-refractivity contribution in [1.29, 1.82) is 0 Å². The minimum atomic E-state index is -1.50. The van der Waals surface area contributed by atoms with Gasteiger partial charge in [-0.3, -0.25) is 14.3 Å². The lowest BCUT2D eigenvalue weighted by Gasteiger charge is -2.31. The average Bonchev–Trinajstić information content (AvgIpc) is 3.14. The summed E-state index contributed by atoms with van der Waals surface area (Å²) in [6, 6.07) is 10.5. The average molecular weight is 471 g/mol. The lowest BCUT2D eigenvalue weighted by atomic mass is 9.85. The number of aliphatic hydroxyl groups is 1. The van der Waals surface area contributed by atoms with Gasteiger partial charge in [-0.2, -0.15) is 5.10 Å². The van der Waals surface area contributed by atoms with Gasteiger partial charge < -0.3 is 20.8 Å². The Balaban J connectivity index is 1.90. The maximum absolute atomic E-state index is 13.3. The number of benzene rings is 2. The maximum Gasteiger partial charge on any atom is 0.328 e. The third-order valence-electron chi connectivity index (χ3n) is 5.32. The van der Waals surface area contributed by atoms with Crippen LogP contribution in [-0.4, -0.2) is 56.5 Å². The summed E-state index contributed by atoms with van der Waals surface area (Å²) in [5, 5.41) is 28.3. The molecule has 180 valence electrons. The van der Waals surface area contributed by atoms with Crippen LogP contribution < -0.4 is 10.6 Å². The van der Waals surface area contributed by atoms with Crippen LogP contribution in [0.4, 0.5) is 4.39 Å². The van der Waals surface area contributed by atoms with Crippen LogP contribution in [0.25, 0.3) is 10.9 Å². The number of fused-ring (bicyclic) bond motifs is 1. The van der Waals surface area contributed by atoms with Crippen LogP contribution in [0.3, 0.4) is 0 Å². The number of para-hydroxylation sites is 1. The topological polar surface area (TPSA) is 134 Å². The molecule has 3 aromatic rings. The Morgan fingerprint density at radius 2 is 1.71 bits per heavy atom. The fourth-order valence-corrected chi connectivity index (χ4v) is 3.49. The van der Waals surface area contributed by atoms with Crippen molar-refractivity contribution in [3.8, 4) is 0 Å². The molecule has 34 heavy (non-hydrogen) atoms. The first-order valence-corrected chi connectivity index (χ1v) is 10.7. The van der Waals surface area contributed by atoms with E-state index in [-0.39, 0.29) is 11.5 Å². The zero-order chi connectivity index (χ0) is 25.0. The minimum Gasteiger partial charge on any atom is -0.480 e. The van der Waals surface area contributed by atoms with Gasteiger partial charge in [0.05, 0.1) is 18.7 Å². The number of aromatic nitrogens is 2. The van der Waals surface area contributed by atoms with Crippen LogP contribution in [0.5, 0.6) is 0 Å². The quantitative estimate of drug-likeness (QED) is 0.398. The summed E-state index contributed by atoms with van der Waals surface area (Å²) in [6.45, 7) is 4.67. The van der Waals surface area contributed by atoms with Crippen molar-refractivity contribution in [2.24, 2.45) is 5.41 Å². The number of carboxylic acid groups (broad SMARTS) is 1. The molecule has 0 radical (unpaired) electrons. The standard InChI is InChI=1S/C24H27FN4O5/c1-24(2,3)20(22(32)26-17(13-30)23(33)34)27-21(31)19-16-6-4-5-7-18(16)29(28-19)12-14-8-10-15(25)11-9-14/h4-11,17,20,30H,12-13H2,1-3H3,(H,26,32)(H,27,31)(H,33,34)/t17-,20-/m1/s1. The summed E-state index contributed by atoms with van der Waals surface area (Å²) in [5.41, 5.74) is 0.791. The predicted molar refractivity (Wildman–Crippen MR) is 123 cm³/mol. The fourth-order valence-electron chi connectivity index (χ4n) is 3.49. The Kier molecular flexibility index (Phi) is 7.31. The third-order valence-corrected chi connectivity index (χ3v) is 5.32. The molecule has 0 unspecified atom stereocenters. The molecule has 9 nitrogen and oxygen atoms in total. The van der Waals surface area contributed by atoms with E-state index in [1.165, 1.54) is 12.1 Å². The van der Waals surface area contributed by atoms with E-state index in [1.807, 2.05) is 0 Å². The van der Waals surface area contributed by atoms with E-state index in [1.54, 1.807) is 61.9 Å². The van der Waals surface area contributed by atoms with E-state index in [0.29, 0.717) is 17.4 Å². The number of hydrogen-bond acceptors (Lipinski definition) is 5. The predicted octanol–water partition coefficient (Wildman–Crippen LogP) is 1.93. The molecule has 0 aliphatic carbocycles. The molecule has 0 spiro atoms. The Bertz CT molecular complexity index is 1200. The first kappa shape index (κ1) is 24.8. The molecule has 3 rings (SSSR count). The molecule has 4 N–H and O–H groups in total. The van der Waals surface area contributed by atoms with Crippen LogP contribution >= 0.6 is 0 Å². The van der Waals surface area contributed by atoms with Gasteiger partial charge in [0.25, 0.3) is 5.91 Å². The minimum absolute atomic E-state index is 0.0942. The molecule has 0 bridgehead atoms. The summed E-state index contributed by atoms with van der Waals surface area (Å²) in [5.74, 6) is -3.09. The van der Waals surface area contributed by atoms with Gasteiger partial charge in [0.15, 0.2) is 5.69 Å². The summed E-state index contributed by atoms with van der Waals surface area (Å²) >= 11 is 0. The van der Waals surface area contributed by atoms with Crippen LogP contribution in [0.2, 0.25) is 0 Å². The van der Waals surface area contributed by atoms with E-state index < -0.39 is 41.9 Å². The molecular weight excluding hydrogens is 443 g/mol. The number of carbonyl (C=O) groups is 3. The highest BCUT2D eigenvalue weighted by molar-refractivity contribution is 6.06. The van der Waals surface area contributed by atoms with Gasteiger partial charge in [-0.05, 0) is 29.2 Å². The number of nitrogens with zero attached hydrogens (tertiary/aromatic N) is 2. The fraction of sp³-hybridized carbons (Fsp3) is 0.333. The molecule has 2 amide bonds. The van der Waals surface area contributed by atoms with E-state index in [2.05, 4.69) is 15.7 Å². The monoisotopic (exact) mass is 470 g/mol. The van der Waals surface area contributed by atoms with Crippen molar-refractivity contribution < 1.29 is 29.0 Å². The van der Waals surface area contributed by atoms with E-state index >= 15 is 0 Å². The summed E-state index contributed by atoms with van der Waals surface area (Å²) in [6.07, 6.45) is 0. The van der Waals surface area contributed by atoms with Crippen LogP contribution in [-0.2, 0) is 16.1 Å². The first-order chi connectivity index (χ1) is 16.0. The number of aliphatic carboxylic acids is 1. The Hall–Kier alpha value is -3.79. The zero-order valence-electron chi connectivity index (χ0n) is 19.1. The van der Waals surface area contributed by atoms with Crippen LogP contribution in [0.15, 0.2) is 48.5 Å². The number of nitrogens with one attached hydrogen (secondary N) is 2. The molecule has 0 aliphatic heterocycles. The highest BCUT2D eigenvalue weighted by Crippen LogP contribution is 2.23. The second-order valence-electron chi connectivity index (χ2n) is 9.00. The smallest absolute Gasteiger partial charge is 0.328 e. The molecular formula is C24H27FN4O5. The summed E-state index contributed by atoms with van der Waals surface area (Å²) < 4.78 is 14.9. The number of aliphatic hydroxyl groups excluding tert-OH is 1. The first-order valence-electron chi connectivity index (χ1n) is 10.7. The molecule has 0 saturated carbocycles. The van der Waals surface area contributed by atoms with Gasteiger partial charge in [-0.1, -0.05) is 51.1 Å². The van der Waals surface area contributed by atoms with Gasteiger partial charge in [-0.25, -0.2) is 9.18 Å². The molecule has 1 heterocycles. The lowest BCUT2D eigenvalue weighted by molar-refractivity contribution is -0.143. The normalized spacial score (nSPS) is 13.3. The van der Waals surface area contributed by atoms with Crippen molar-refractivity contribution in [3.63, 3.8) is 0 Å². The molecule has 10 heteroatoms. The number of carbonyl (C=O) groups excluding carboxylic acids is 2. The van der Waals surface area contributed by atoms with E-state index in [0.717, 1.165) is 5.56 Å². The largest absolute Gasteiger partial charge is 0.480 e. The van der Waals surface area contributed by atoms with Crippen molar-refractivity contribution in [3.05, 3.63) is 65.6 Å². The van der Waals surface area contributed by atoms with Gasteiger partial charge in [-0.15, -0.1) is 0 Å². The van der Waals surface area contributed by atoms with Gasteiger partial charge in [0, 0.05) is 5.39 Å². The number of amides is 2. The number of hydrogen-bond donors (Lipinski definition) is 4. The Labute approximate surface area is 195 Å². The number of rotatable bonds is 8. The van der Waals surface area contributed by atoms with E-state index in [9.17, 15) is 23.9 Å². The van der Waals surface area contributed by atoms with Crippen molar-refractivity contribution in [1.82, 2.24) is 20.4 Å². The highest BCUT2D eigenvalue weighted by atomic mass is 19.1. The van der Waals surface area contributed by atoms with Gasteiger partial charge in [0.2, 0.25) is 5.91 Å². The van der Waals surface area contributed by atoms with Crippen molar-refractivity contribution >= 4 is 28.7 Å². The second kappa shape index (κ2) is 10.0. The molecule has 0 fully saturated rings. The molecule has 1 aromatic heterocycles. The Morgan fingerprint density at radius 3 is 2.29 bits per heavy atom. The van der Waals surface area contributed by atoms with Gasteiger partial charge in [0.1, 0.15) is 17.9 Å². The number of halogens is 1.